The molecule has 0 saturated carbocycles. The lowest BCUT2D eigenvalue weighted by Crippen LogP contribution is -2.17. The normalized spacial score (nSPS) is 10.8. The SMILES string of the molecule is O=C(N/N=C/c1cc(Cl)cc(Br)c1O)c1ccc(O)c(O)c1. The summed E-state index contributed by atoms with van der Waals surface area (Å²) in [7, 11) is 0. The van der Waals surface area contributed by atoms with Gasteiger partial charge in [0, 0.05) is 16.1 Å². The topological polar surface area (TPSA) is 102 Å². The number of benzene rings is 2. The zero-order valence-electron chi connectivity index (χ0n) is 10.9. The van der Waals surface area contributed by atoms with Crippen molar-refractivity contribution in [2.24, 2.45) is 5.10 Å². The van der Waals surface area contributed by atoms with Crippen molar-refractivity contribution in [2.75, 3.05) is 0 Å². The molecule has 22 heavy (non-hydrogen) atoms. The van der Waals surface area contributed by atoms with E-state index in [-0.39, 0.29) is 17.1 Å². The summed E-state index contributed by atoms with van der Waals surface area (Å²) in [6.07, 6.45) is 1.23. The summed E-state index contributed by atoms with van der Waals surface area (Å²) >= 11 is 8.98. The predicted molar refractivity (Wildman–Crippen MR) is 85.6 cm³/mol. The van der Waals surface area contributed by atoms with Crippen LogP contribution in [-0.2, 0) is 0 Å². The minimum atomic E-state index is -0.591. The molecule has 114 valence electrons. The molecule has 0 unspecified atom stereocenters. The van der Waals surface area contributed by atoms with E-state index in [4.69, 9.17) is 11.6 Å². The third kappa shape index (κ3) is 3.69. The summed E-state index contributed by atoms with van der Waals surface area (Å²) in [5, 5.41) is 32.4. The fourth-order valence-corrected chi connectivity index (χ4v) is 2.41. The van der Waals surface area contributed by atoms with E-state index in [1.54, 1.807) is 0 Å². The van der Waals surface area contributed by atoms with Crippen LogP contribution in [0.25, 0.3) is 0 Å². The molecule has 8 heteroatoms. The lowest BCUT2D eigenvalue weighted by Gasteiger charge is -2.04. The van der Waals surface area contributed by atoms with E-state index in [1.165, 1.54) is 30.5 Å². The summed E-state index contributed by atoms with van der Waals surface area (Å²) in [6.45, 7) is 0. The number of nitrogens with one attached hydrogen (secondary N) is 1. The van der Waals surface area contributed by atoms with E-state index < -0.39 is 11.7 Å². The van der Waals surface area contributed by atoms with Gasteiger partial charge in [0.2, 0.25) is 0 Å². The van der Waals surface area contributed by atoms with Gasteiger partial charge in [-0.05, 0) is 46.3 Å². The number of hydrogen-bond donors (Lipinski definition) is 4. The predicted octanol–water partition coefficient (Wildman–Crippen LogP) is 2.98. The van der Waals surface area contributed by atoms with Crippen LogP contribution in [0.3, 0.4) is 0 Å². The van der Waals surface area contributed by atoms with Gasteiger partial charge < -0.3 is 15.3 Å². The number of hydrazone groups is 1. The van der Waals surface area contributed by atoms with Crippen LogP contribution in [0.5, 0.6) is 17.2 Å². The fourth-order valence-electron chi connectivity index (χ4n) is 1.57. The Labute approximate surface area is 138 Å². The molecule has 0 aliphatic rings. The van der Waals surface area contributed by atoms with Gasteiger partial charge in [-0.3, -0.25) is 4.79 Å². The lowest BCUT2D eigenvalue weighted by atomic mass is 10.2. The average Bonchev–Trinajstić information content (AvgIpc) is 2.46. The first-order valence-corrected chi connectivity index (χ1v) is 7.09. The average molecular weight is 386 g/mol. The van der Waals surface area contributed by atoms with Crippen molar-refractivity contribution in [1.29, 1.82) is 0 Å². The Balaban J connectivity index is 2.12. The summed E-state index contributed by atoms with van der Waals surface area (Å²) in [5.41, 5.74) is 2.66. The number of carbonyl (C=O) groups excluding carboxylic acids is 1. The van der Waals surface area contributed by atoms with Crippen molar-refractivity contribution in [1.82, 2.24) is 5.43 Å². The monoisotopic (exact) mass is 384 g/mol. The Bertz CT molecular complexity index is 765. The van der Waals surface area contributed by atoms with Crippen molar-refractivity contribution in [2.45, 2.75) is 0 Å². The van der Waals surface area contributed by atoms with Crippen LogP contribution < -0.4 is 5.43 Å². The molecule has 0 bridgehead atoms. The zero-order chi connectivity index (χ0) is 16.3. The van der Waals surface area contributed by atoms with Gasteiger partial charge in [-0.2, -0.15) is 5.10 Å². The van der Waals surface area contributed by atoms with Crippen molar-refractivity contribution in [3.63, 3.8) is 0 Å². The maximum Gasteiger partial charge on any atom is 0.271 e. The quantitative estimate of drug-likeness (QED) is 0.370. The van der Waals surface area contributed by atoms with Gasteiger partial charge in [-0.25, -0.2) is 5.43 Å². The second-order valence-electron chi connectivity index (χ2n) is 4.23. The number of phenols is 3. The first kappa shape index (κ1) is 16.1. The van der Waals surface area contributed by atoms with Gasteiger partial charge in [0.25, 0.3) is 5.91 Å². The Hall–Kier alpha value is -2.25. The summed E-state index contributed by atoms with van der Waals surface area (Å²) in [6, 6.07) is 6.62. The Kier molecular flexibility index (Phi) is 4.89. The maximum absolute atomic E-state index is 11.8. The van der Waals surface area contributed by atoms with Gasteiger partial charge in [0.15, 0.2) is 11.5 Å². The number of amides is 1. The number of carbonyl (C=O) groups is 1. The minimum absolute atomic E-state index is 0.0651. The van der Waals surface area contributed by atoms with Gasteiger partial charge in [0.1, 0.15) is 5.75 Å². The molecule has 0 heterocycles. The van der Waals surface area contributed by atoms with Crippen molar-refractivity contribution < 1.29 is 20.1 Å². The number of aromatic hydroxyl groups is 3. The van der Waals surface area contributed by atoms with E-state index in [9.17, 15) is 20.1 Å². The highest BCUT2D eigenvalue weighted by Gasteiger charge is 2.09. The molecule has 0 aliphatic heterocycles. The molecular weight excluding hydrogens is 376 g/mol. The molecule has 4 N–H and O–H groups in total. The van der Waals surface area contributed by atoms with Crippen LogP contribution in [0.15, 0.2) is 39.9 Å². The van der Waals surface area contributed by atoms with Crippen LogP contribution in [0.2, 0.25) is 5.02 Å². The third-order valence-corrected chi connectivity index (χ3v) is 3.49. The minimum Gasteiger partial charge on any atom is -0.506 e. The molecular formula is C14H10BrClN2O4. The molecule has 0 saturated heterocycles. The molecule has 2 rings (SSSR count). The number of hydrogen-bond acceptors (Lipinski definition) is 5. The molecule has 0 aliphatic carbocycles. The molecule has 0 aromatic heterocycles. The number of halogens is 2. The highest BCUT2D eigenvalue weighted by atomic mass is 79.9. The number of nitrogens with zero attached hydrogens (tertiary/aromatic N) is 1. The van der Waals surface area contributed by atoms with Gasteiger partial charge >= 0.3 is 0 Å². The lowest BCUT2D eigenvalue weighted by molar-refractivity contribution is 0.0954. The largest absolute Gasteiger partial charge is 0.506 e. The van der Waals surface area contributed by atoms with E-state index in [1.807, 2.05) is 0 Å². The summed E-state index contributed by atoms with van der Waals surface area (Å²) < 4.78 is 0.399. The van der Waals surface area contributed by atoms with Gasteiger partial charge in [-0.15, -0.1) is 0 Å². The maximum atomic E-state index is 11.8. The second-order valence-corrected chi connectivity index (χ2v) is 5.52. The molecule has 1 amide bonds. The zero-order valence-corrected chi connectivity index (χ0v) is 13.3. The number of phenolic OH excluding ortho intramolecular Hbond substituents is 3. The Morgan fingerprint density at radius 3 is 2.59 bits per heavy atom. The van der Waals surface area contributed by atoms with Crippen LogP contribution in [0.4, 0.5) is 0 Å². The van der Waals surface area contributed by atoms with E-state index >= 15 is 0 Å². The molecule has 6 nitrogen and oxygen atoms in total. The first-order chi connectivity index (χ1) is 10.4. The summed E-state index contributed by atoms with van der Waals surface area (Å²) in [5.74, 6) is -1.39. The van der Waals surface area contributed by atoms with E-state index in [0.717, 1.165) is 6.07 Å². The summed E-state index contributed by atoms with van der Waals surface area (Å²) in [4.78, 5) is 11.8. The van der Waals surface area contributed by atoms with Crippen LogP contribution in [0, 0.1) is 0 Å². The highest BCUT2D eigenvalue weighted by molar-refractivity contribution is 9.10. The molecule has 0 spiro atoms. The van der Waals surface area contributed by atoms with E-state index in [0.29, 0.717) is 15.1 Å². The number of rotatable bonds is 3. The Morgan fingerprint density at radius 2 is 1.91 bits per heavy atom. The Morgan fingerprint density at radius 1 is 1.18 bits per heavy atom. The van der Waals surface area contributed by atoms with Crippen molar-refractivity contribution >= 4 is 39.7 Å². The van der Waals surface area contributed by atoms with Crippen LogP contribution in [0.1, 0.15) is 15.9 Å². The fraction of sp³-hybridized carbons (Fsp3) is 0. The second kappa shape index (κ2) is 6.67. The van der Waals surface area contributed by atoms with Crippen molar-refractivity contribution in [3.8, 4) is 17.2 Å². The first-order valence-electron chi connectivity index (χ1n) is 5.92. The molecule has 0 atom stereocenters. The molecule has 2 aromatic carbocycles. The highest BCUT2D eigenvalue weighted by Crippen LogP contribution is 2.30. The molecule has 0 radical (unpaired) electrons. The molecule has 2 aromatic rings. The van der Waals surface area contributed by atoms with Gasteiger partial charge in [-0.1, -0.05) is 11.6 Å². The van der Waals surface area contributed by atoms with Gasteiger partial charge in [0.05, 0.1) is 10.7 Å². The third-order valence-electron chi connectivity index (χ3n) is 2.66. The standard InChI is InChI=1S/C14H10BrClN2O4/c15-10-5-9(16)3-8(13(10)21)6-17-18-14(22)7-1-2-11(19)12(20)4-7/h1-6,19-21H,(H,18,22)/b17-6+. The van der Waals surface area contributed by atoms with Crippen molar-refractivity contribution in [3.05, 3.63) is 51.0 Å². The molecule has 0 fully saturated rings. The van der Waals surface area contributed by atoms with Crippen LogP contribution in [-0.4, -0.2) is 27.4 Å². The van der Waals surface area contributed by atoms with Crippen LogP contribution >= 0.6 is 27.5 Å². The smallest absolute Gasteiger partial charge is 0.271 e. The van der Waals surface area contributed by atoms with E-state index in [2.05, 4.69) is 26.5 Å².